The molecule has 5 heteroatoms. The number of carbonyl (C=O) groups is 1. The summed E-state index contributed by atoms with van der Waals surface area (Å²) in [5.74, 6) is -0.366. The number of carbonyl (C=O) groups excluding carboxylic acids is 1. The van der Waals surface area contributed by atoms with Crippen LogP contribution in [0, 0.1) is 0 Å². The number of nitrogens with two attached hydrogens (primary N) is 1. The number of nitrogens with one attached hydrogen (secondary N) is 1. The van der Waals surface area contributed by atoms with Gasteiger partial charge in [0.25, 0.3) is 0 Å². The highest BCUT2D eigenvalue weighted by Gasteiger charge is 2.13. The highest BCUT2D eigenvalue weighted by atomic mass is 16.5. The summed E-state index contributed by atoms with van der Waals surface area (Å²) >= 11 is 0. The van der Waals surface area contributed by atoms with Gasteiger partial charge in [-0.3, -0.25) is 4.79 Å². The number of rotatable bonds is 10. The third-order valence-electron chi connectivity index (χ3n) is 1.91. The van der Waals surface area contributed by atoms with Crippen LogP contribution in [0.15, 0.2) is 0 Å². The fraction of sp³-hybridized carbons (Fsp3) is 0.900. The van der Waals surface area contributed by atoms with Crippen LogP contribution in [0.1, 0.15) is 19.8 Å². The lowest BCUT2D eigenvalue weighted by atomic mass is 10.3. The molecule has 15 heavy (non-hydrogen) atoms. The maximum absolute atomic E-state index is 11.0. The molecule has 0 aliphatic carbocycles. The first-order valence-electron chi connectivity index (χ1n) is 5.31. The molecule has 0 aromatic heterocycles. The molecule has 0 fully saturated rings. The third-order valence-corrected chi connectivity index (χ3v) is 1.91. The molecule has 0 bridgehead atoms. The summed E-state index contributed by atoms with van der Waals surface area (Å²) in [5, 5.41) is 3.03. The van der Waals surface area contributed by atoms with Gasteiger partial charge < -0.3 is 20.5 Å². The molecule has 1 unspecified atom stereocenters. The summed E-state index contributed by atoms with van der Waals surface area (Å²) in [7, 11) is 1.65. The second kappa shape index (κ2) is 9.89. The molecule has 0 rings (SSSR count). The number of primary amides is 1. The second-order valence-electron chi connectivity index (χ2n) is 3.33. The van der Waals surface area contributed by atoms with Gasteiger partial charge in [-0.1, -0.05) is 6.92 Å². The molecule has 5 nitrogen and oxygen atoms in total. The lowest BCUT2D eigenvalue weighted by Crippen LogP contribution is -2.45. The Balaban J connectivity index is 3.53. The number of hydrogen-bond donors (Lipinski definition) is 2. The smallest absolute Gasteiger partial charge is 0.236 e. The SMILES string of the molecule is CCCNC(COCCCOC)C(N)=O. The molecule has 0 aromatic rings. The van der Waals surface area contributed by atoms with E-state index < -0.39 is 0 Å². The fourth-order valence-corrected chi connectivity index (χ4v) is 1.07. The van der Waals surface area contributed by atoms with Gasteiger partial charge in [0.1, 0.15) is 6.04 Å². The predicted molar refractivity (Wildman–Crippen MR) is 58.6 cm³/mol. The molecule has 1 amide bonds. The highest BCUT2D eigenvalue weighted by Crippen LogP contribution is 1.89. The van der Waals surface area contributed by atoms with Crippen LogP contribution in [0.5, 0.6) is 0 Å². The summed E-state index contributed by atoms with van der Waals surface area (Å²) in [6.07, 6.45) is 1.79. The van der Waals surface area contributed by atoms with Crippen molar-refractivity contribution in [3.63, 3.8) is 0 Å². The van der Waals surface area contributed by atoms with Gasteiger partial charge in [-0.05, 0) is 19.4 Å². The summed E-state index contributed by atoms with van der Waals surface area (Å²) in [6, 6.07) is -0.382. The molecule has 0 spiro atoms. The van der Waals surface area contributed by atoms with Crippen molar-refractivity contribution in [3.8, 4) is 0 Å². The standard InChI is InChI=1S/C10H22N2O3/c1-3-5-12-9(10(11)13)8-15-7-4-6-14-2/h9,12H,3-8H2,1-2H3,(H2,11,13). The van der Waals surface area contributed by atoms with E-state index in [1.165, 1.54) is 0 Å². The summed E-state index contributed by atoms with van der Waals surface area (Å²) in [5.41, 5.74) is 5.21. The minimum Gasteiger partial charge on any atom is -0.385 e. The first-order valence-corrected chi connectivity index (χ1v) is 5.31. The van der Waals surface area contributed by atoms with Crippen molar-refractivity contribution < 1.29 is 14.3 Å². The molecule has 3 N–H and O–H groups in total. The summed E-state index contributed by atoms with van der Waals surface area (Å²) in [4.78, 5) is 11.0. The van der Waals surface area contributed by atoms with Crippen molar-refractivity contribution in [3.05, 3.63) is 0 Å². The van der Waals surface area contributed by atoms with Crippen LogP contribution in [0.2, 0.25) is 0 Å². The van der Waals surface area contributed by atoms with Crippen LogP contribution in [-0.2, 0) is 14.3 Å². The maximum atomic E-state index is 11.0. The Morgan fingerprint density at radius 3 is 2.73 bits per heavy atom. The lowest BCUT2D eigenvalue weighted by Gasteiger charge is -2.14. The monoisotopic (exact) mass is 218 g/mol. The van der Waals surface area contributed by atoms with Crippen molar-refractivity contribution in [1.82, 2.24) is 5.32 Å². The molecule has 90 valence electrons. The quantitative estimate of drug-likeness (QED) is 0.502. The van der Waals surface area contributed by atoms with Gasteiger partial charge in [0, 0.05) is 20.3 Å². The van der Waals surface area contributed by atoms with Crippen molar-refractivity contribution in [1.29, 1.82) is 0 Å². The number of methoxy groups -OCH3 is 1. The van der Waals surface area contributed by atoms with E-state index in [9.17, 15) is 4.79 Å². The van der Waals surface area contributed by atoms with Gasteiger partial charge in [-0.2, -0.15) is 0 Å². The van der Waals surface area contributed by atoms with Crippen LogP contribution in [0.4, 0.5) is 0 Å². The highest BCUT2D eigenvalue weighted by molar-refractivity contribution is 5.79. The van der Waals surface area contributed by atoms with Crippen molar-refractivity contribution in [2.24, 2.45) is 5.73 Å². The fourth-order valence-electron chi connectivity index (χ4n) is 1.07. The van der Waals surface area contributed by atoms with Crippen LogP contribution in [0.3, 0.4) is 0 Å². The first kappa shape index (κ1) is 14.3. The lowest BCUT2D eigenvalue weighted by molar-refractivity contribution is -0.121. The zero-order chi connectivity index (χ0) is 11.5. The van der Waals surface area contributed by atoms with Gasteiger partial charge in [0.15, 0.2) is 0 Å². The Kier molecular flexibility index (Phi) is 9.46. The maximum Gasteiger partial charge on any atom is 0.236 e. The van der Waals surface area contributed by atoms with E-state index >= 15 is 0 Å². The van der Waals surface area contributed by atoms with E-state index in [4.69, 9.17) is 15.2 Å². The second-order valence-corrected chi connectivity index (χ2v) is 3.33. The molecule has 0 aliphatic rings. The predicted octanol–water partition coefficient (Wildman–Crippen LogP) is -0.107. The number of ether oxygens (including phenoxy) is 2. The van der Waals surface area contributed by atoms with Gasteiger partial charge in [-0.25, -0.2) is 0 Å². The molecule has 0 aliphatic heterocycles. The topological polar surface area (TPSA) is 73.6 Å². The van der Waals surface area contributed by atoms with Gasteiger partial charge in [-0.15, -0.1) is 0 Å². The Morgan fingerprint density at radius 1 is 1.47 bits per heavy atom. The zero-order valence-electron chi connectivity index (χ0n) is 9.62. The van der Waals surface area contributed by atoms with E-state index in [0.717, 1.165) is 19.4 Å². The number of amides is 1. The average molecular weight is 218 g/mol. The minimum atomic E-state index is -0.382. The molecule has 0 saturated carbocycles. The summed E-state index contributed by atoms with van der Waals surface area (Å²) < 4.78 is 10.2. The Hall–Kier alpha value is -0.650. The van der Waals surface area contributed by atoms with Gasteiger partial charge >= 0.3 is 0 Å². The minimum absolute atomic E-state index is 0.332. The van der Waals surface area contributed by atoms with Crippen molar-refractivity contribution in [2.75, 3.05) is 33.5 Å². The largest absolute Gasteiger partial charge is 0.385 e. The van der Waals surface area contributed by atoms with E-state index in [0.29, 0.717) is 19.8 Å². The Bertz CT molecular complexity index is 165. The molecular weight excluding hydrogens is 196 g/mol. The Morgan fingerprint density at radius 2 is 2.20 bits per heavy atom. The summed E-state index contributed by atoms with van der Waals surface area (Å²) in [6.45, 7) is 4.40. The normalized spacial score (nSPS) is 12.7. The third kappa shape index (κ3) is 8.35. The van der Waals surface area contributed by atoms with E-state index in [-0.39, 0.29) is 11.9 Å². The van der Waals surface area contributed by atoms with E-state index in [2.05, 4.69) is 5.32 Å². The van der Waals surface area contributed by atoms with Crippen LogP contribution in [0.25, 0.3) is 0 Å². The Labute approximate surface area is 91.3 Å². The molecular formula is C10H22N2O3. The average Bonchev–Trinajstić information content (AvgIpc) is 2.21. The first-order chi connectivity index (χ1) is 7.22. The van der Waals surface area contributed by atoms with E-state index in [1.807, 2.05) is 6.92 Å². The van der Waals surface area contributed by atoms with Crippen LogP contribution < -0.4 is 11.1 Å². The van der Waals surface area contributed by atoms with Crippen LogP contribution >= 0.6 is 0 Å². The van der Waals surface area contributed by atoms with Gasteiger partial charge in [0.2, 0.25) is 5.91 Å². The molecule has 0 radical (unpaired) electrons. The van der Waals surface area contributed by atoms with Crippen molar-refractivity contribution >= 4 is 5.91 Å². The van der Waals surface area contributed by atoms with Gasteiger partial charge in [0.05, 0.1) is 6.61 Å². The van der Waals surface area contributed by atoms with Crippen LogP contribution in [-0.4, -0.2) is 45.4 Å². The zero-order valence-corrected chi connectivity index (χ0v) is 9.62. The molecule has 0 saturated heterocycles. The molecule has 0 aromatic carbocycles. The number of hydrogen-bond acceptors (Lipinski definition) is 4. The van der Waals surface area contributed by atoms with E-state index in [1.54, 1.807) is 7.11 Å². The molecule has 1 atom stereocenters. The van der Waals surface area contributed by atoms with Crippen molar-refractivity contribution in [2.45, 2.75) is 25.8 Å². The molecule has 0 heterocycles.